The molecule has 3 rings (SSSR count). The molecular weight excluding hydrogens is 282 g/mol. The molecule has 1 amide bonds. The first kappa shape index (κ1) is 13.9. The van der Waals surface area contributed by atoms with E-state index < -0.39 is 11.0 Å². The maximum atomic E-state index is 11.3. The fourth-order valence-corrected chi connectivity index (χ4v) is 2.62. The Bertz CT molecular complexity index is 743. The molecule has 1 aliphatic rings. The van der Waals surface area contributed by atoms with Crippen molar-refractivity contribution >= 4 is 17.8 Å². The zero-order valence-corrected chi connectivity index (χ0v) is 11.6. The van der Waals surface area contributed by atoms with E-state index in [1.165, 1.54) is 11.1 Å². The number of carbonyl (C=O) groups excluding carboxylic acids is 1. The van der Waals surface area contributed by atoms with E-state index >= 15 is 0 Å². The fraction of sp³-hybridized carbons (Fsp3) is 0.125. The van der Waals surface area contributed by atoms with Gasteiger partial charge >= 0.3 is 0 Å². The first-order chi connectivity index (χ1) is 10.7. The lowest BCUT2D eigenvalue weighted by molar-refractivity contribution is -0.385. The molecule has 6 heteroatoms. The Labute approximate surface area is 126 Å². The van der Waals surface area contributed by atoms with Crippen molar-refractivity contribution in [2.45, 2.75) is 12.5 Å². The zero-order valence-electron chi connectivity index (χ0n) is 11.6. The van der Waals surface area contributed by atoms with Crippen molar-refractivity contribution in [2.24, 2.45) is 5.10 Å². The number of benzene rings is 2. The van der Waals surface area contributed by atoms with Crippen molar-refractivity contribution in [2.75, 3.05) is 0 Å². The molecule has 0 radical (unpaired) electrons. The Hall–Kier alpha value is -3.02. The lowest BCUT2D eigenvalue weighted by Gasteiger charge is -2.17. The summed E-state index contributed by atoms with van der Waals surface area (Å²) in [6, 6.07) is 15.5. The number of nitro benzene ring substituents is 1. The smallest absolute Gasteiger partial charge is 0.274 e. The van der Waals surface area contributed by atoms with Crippen molar-refractivity contribution in [3.63, 3.8) is 0 Å². The number of nitrogens with zero attached hydrogens (tertiary/aromatic N) is 3. The highest BCUT2D eigenvalue weighted by molar-refractivity contribution is 6.02. The Morgan fingerprint density at radius 2 is 1.82 bits per heavy atom. The van der Waals surface area contributed by atoms with Crippen LogP contribution in [0.5, 0.6) is 0 Å². The first-order valence-electron chi connectivity index (χ1n) is 6.80. The van der Waals surface area contributed by atoms with Gasteiger partial charge in [0.1, 0.15) is 0 Å². The molecule has 0 spiro atoms. The van der Waals surface area contributed by atoms with Gasteiger partial charge in [-0.1, -0.05) is 42.5 Å². The molecule has 1 atom stereocenters. The van der Waals surface area contributed by atoms with Crippen LogP contribution in [0.1, 0.15) is 23.6 Å². The number of hydrogen-bond acceptors (Lipinski definition) is 4. The second-order valence-corrected chi connectivity index (χ2v) is 4.93. The van der Waals surface area contributed by atoms with Crippen molar-refractivity contribution in [3.8, 4) is 0 Å². The van der Waals surface area contributed by atoms with Gasteiger partial charge in [-0.2, -0.15) is 5.10 Å². The minimum absolute atomic E-state index is 0.00358. The van der Waals surface area contributed by atoms with Crippen molar-refractivity contribution in [3.05, 3.63) is 75.8 Å². The van der Waals surface area contributed by atoms with Gasteiger partial charge < -0.3 is 0 Å². The molecule has 2 aromatic rings. The monoisotopic (exact) mass is 295 g/mol. The Morgan fingerprint density at radius 1 is 1.14 bits per heavy atom. The van der Waals surface area contributed by atoms with Gasteiger partial charge in [0.05, 0.1) is 22.2 Å². The van der Waals surface area contributed by atoms with Crippen LogP contribution in [0.3, 0.4) is 0 Å². The maximum Gasteiger partial charge on any atom is 0.274 e. The molecule has 0 aromatic heterocycles. The summed E-state index contributed by atoms with van der Waals surface area (Å²) in [5.74, 6) is 0. The highest BCUT2D eigenvalue weighted by Crippen LogP contribution is 2.36. The number of amides is 1. The van der Waals surface area contributed by atoms with Crippen molar-refractivity contribution in [1.82, 2.24) is 5.01 Å². The molecule has 0 bridgehead atoms. The lowest BCUT2D eigenvalue weighted by Crippen LogP contribution is -2.18. The zero-order chi connectivity index (χ0) is 15.5. The minimum atomic E-state index is -0.450. The summed E-state index contributed by atoms with van der Waals surface area (Å²) in [6.07, 6.45) is 1.06. The van der Waals surface area contributed by atoms with Gasteiger partial charge in [-0.25, -0.2) is 5.01 Å². The minimum Gasteiger partial charge on any atom is -0.277 e. The molecule has 1 aliphatic heterocycles. The van der Waals surface area contributed by atoms with Gasteiger partial charge in [0.25, 0.3) is 5.69 Å². The van der Waals surface area contributed by atoms with E-state index in [-0.39, 0.29) is 5.69 Å². The molecular formula is C16H13N3O3. The molecule has 0 aliphatic carbocycles. The van der Waals surface area contributed by atoms with Crippen LogP contribution >= 0.6 is 0 Å². The first-order valence-corrected chi connectivity index (χ1v) is 6.80. The van der Waals surface area contributed by atoms with E-state index in [9.17, 15) is 14.9 Å². The summed E-state index contributed by atoms with van der Waals surface area (Å²) < 4.78 is 0. The molecule has 0 unspecified atom stereocenters. The molecule has 1 heterocycles. The third-order valence-electron chi connectivity index (χ3n) is 3.65. The normalized spacial score (nSPS) is 17.2. The third-order valence-corrected chi connectivity index (χ3v) is 3.65. The Morgan fingerprint density at radius 3 is 2.50 bits per heavy atom. The molecule has 110 valence electrons. The van der Waals surface area contributed by atoms with Crippen LogP contribution in [-0.4, -0.2) is 22.1 Å². The summed E-state index contributed by atoms with van der Waals surface area (Å²) in [4.78, 5) is 22.1. The summed E-state index contributed by atoms with van der Waals surface area (Å²) in [7, 11) is 0. The third kappa shape index (κ3) is 2.46. The van der Waals surface area contributed by atoms with Crippen LogP contribution in [-0.2, 0) is 4.79 Å². The number of nitro groups is 1. The number of para-hydroxylation sites is 1. The molecule has 22 heavy (non-hydrogen) atoms. The van der Waals surface area contributed by atoms with Crippen LogP contribution in [0.4, 0.5) is 5.69 Å². The quantitative estimate of drug-likeness (QED) is 0.494. The highest BCUT2D eigenvalue weighted by atomic mass is 16.6. The topological polar surface area (TPSA) is 75.8 Å². The average Bonchev–Trinajstić information content (AvgIpc) is 3.00. The molecule has 2 aromatic carbocycles. The molecule has 6 nitrogen and oxygen atoms in total. The summed E-state index contributed by atoms with van der Waals surface area (Å²) in [5, 5.41) is 16.7. The van der Waals surface area contributed by atoms with E-state index in [1.54, 1.807) is 18.2 Å². The van der Waals surface area contributed by atoms with Gasteiger partial charge in [0.15, 0.2) is 0 Å². The van der Waals surface area contributed by atoms with Gasteiger partial charge in [0, 0.05) is 12.5 Å². The molecule has 0 N–H and O–H groups in total. The van der Waals surface area contributed by atoms with E-state index in [0.717, 1.165) is 11.3 Å². The Kier molecular flexibility index (Phi) is 3.65. The largest absolute Gasteiger partial charge is 0.277 e. The number of hydrazone groups is 1. The highest BCUT2D eigenvalue weighted by Gasteiger charge is 2.32. The fourth-order valence-electron chi connectivity index (χ4n) is 2.62. The number of hydrogen-bond donors (Lipinski definition) is 0. The van der Waals surface area contributed by atoms with Crippen molar-refractivity contribution < 1.29 is 9.72 Å². The summed E-state index contributed by atoms with van der Waals surface area (Å²) >= 11 is 0. The predicted octanol–water partition coefficient (Wildman–Crippen LogP) is 2.90. The van der Waals surface area contributed by atoms with Crippen molar-refractivity contribution in [1.29, 1.82) is 0 Å². The van der Waals surface area contributed by atoms with E-state index in [1.807, 2.05) is 30.3 Å². The van der Waals surface area contributed by atoms with Gasteiger partial charge in [-0.3, -0.25) is 14.9 Å². The van der Waals surface area contributed by atoms with E-state index in [4.69, 9.17) is 0 Å². The average molecular weight is 295 g/mol. The SMILES string of the molecule is O=CN1N=C(c2ccccc2)C[C@H]1c1ccccc1[N+](=O)[O-]. The number of carbonyl (C=O) groups is 1. The second-order valence-electron chi connectivity index (χ2n) is 4.93. The van der Waals surface area contributed by atoms with Gasteiger partial charge in [-0.05, 0) is 11.6 Å². The number of rotatable bonds is 4. The predicted molar refractivity (Wildman–Crippen MR) is 81.3 cm³/mol. The summed E-state index contributed by atoms with van der Waals surface area (Å²) in [5.41, 5.74) is 2.16. The lowest BCUT2D eigenvalue weighted by atomic mass is 9.97. The van der Waals surface area contributed by atoms with Gasteiger partial charge in [-0.15, -0.1) is 0 Å². The van der Waals surface area contributed by atoms with E-state index in [2.05, 4.69) is 5.10 Å². The van der Waals surface area contributed by atoms with E-state index in [0.29, 0.717) is 18.4 Å². The van der Waals surface area contributed by atoms with Gasteiger partial charge in [0.2, 0.25) is 6.41 Å². The maximum absolute atomic E-state index is 11.3. The van der Waals surface area contributed by atoms with Crippen LogP contribution in [0.2, 0.25) is 0 Å². The standard InChI is InChI=1S/C16H13N3O3/c20-11-18-16(13-8-4-5-9-15(13)19(21)22)10-14(17-18)12-6-2-1-3-7-12/h1-9,11,16H,10H2/t16-/m0/s1. The molecule has 0 fully saturated rings. The van der Waals surface area contributed by atoms with Crippen LogP contribution in [0, 0.1) is 10.1 Å². The second kappa shape index (κ2) is 5.77. The molecule has 0 saturated heterocycles. The Balaban J connectivity index is 1.97. The van der Waals surface area contributed by atoms with Crippen LogP contribution in [0.25, 0.3) is 0 Å². The molecule has 0 saturated carbocycles. The summed E-state index contributed by atoms with van der Waals surface area (Å²) in [6.45, 7) is 0. The van der Waals surface area contributed by atoms with Crippen LogP contribution in [0.15, 0.2) is 59.7 Å². The van der Waals surface area contributed by atoms with Crippen LogP contribution < -0.4 is 0 Å².